The van der Waals surface area contributed by atoms with Gasteiger partial charge in [0.15, 0.2) is 5.69 Å². The second-order valence-corrected chi connectivity index (χ2v) is 4.52. The quantitative estimate of drug-likeness (QED) is 0.743. The number of hydrogen-bond donors (Lipinski definition) is 0. The first-order chi connectivity index (χ1) is 8.20. The lowest BCUT2D eigenvalue weighted by Gasteiger charge is -2.22. The lowest BCUT2D eigenvalue weighted by molar-refractivity contribution is -0.121. The number of nitrogens with zero attached hydrogens (tertiary/aromatic N) is 2. The van der Waals surface area contributed by atoms with E-state index in [2.05, 4.69) is 9.74 Å². The first kappa shape index (κ1) is 11.8. The van der Waals surface area contributed by atoms with Gasteiger partial charge >= 0.3 is 0 Å². The van der Waals surface area contributed by atoms with Crippen LogP contribution in [0.5, 0.6) is 0 Å². The molecule has 0 aliphatic carbocycles. The maximum atomic E-state index is 11.5. The number of carbonyl (C=O) groups excluding carboxylic acids is 1. The van der Waals surface area contributed by atoms with Gasteiger partial charge in [0.05, 0.1) is 12.6 Å². The van der Waals surface area contributed by atoms with E-state index in [-0.39, 0.29) is 11.8 Å². The highest BCUT2D eigenvalue weighted by Crippen LogP contribution is 2.22. The van der Waals surface area contributed by atoms with E-state index in [4.69, 9.17) is 6.57 Å². The maximum absolute atomic E-state index is 11.5. The van der Waals surface area contributed by atoms with E-state index in [1.54, 1.807) is 6.92 Å². The van der Waals surface area contributed by atoms with Crippen LogP contribution in [0.3, 0.4) is 0 Å². The molecular formula is C14H16N2O. The minimum atomic E-state index is 0.0756. The molecule has 0 aromatic heterocycles. The third-order valence-corrected chi connectivity index (χ3v) is 3.26. The van der Waals surface area contributed by atoms with Crippen LogP contribution >= 0.6 is 0 Å². The van der Waals surface area contributed by atoms with E-state index in [1.165, 1.54) is 0 Å². The third-order valence-electron chi connectivity index (χ3n) is 3.26. The Labute approximate surface area is 102 Å². The Bertz CT molecular complexity index is 462. The van der Waals surface area contributed by atoms with Crippen LogP contribution in [0.4, 0.5) is 5.69 Å². The van der Waals surface area contributed by atoms with Crippen molar-refractivity contribution < 1.29 is 4.79 Å². The Morgan fingerprint density at radius 2 is 2.41 bits per heavy atom. The molecule has 1 atom stereocenters. The van der Waals surface area contributed by atoms with Crippen LogP contribution in [0.15, 0.2) is 24.3 Å². The molecule has 3 heteroatoms. The van der Waals surface area contributed by atoms with Crippen molar-refractivity contribution in [3.8, 4) is 0 Å². The summed E-state index contributed by atoms with van der Waals surface area (Å²) < 4.78 is 0. The third kappa shape index (κ3) is 2.72. The summed E-state index contributed by atoms with van der Waals surface area (Å²) in [7, 11) is 0. The zero-order chi connectivity index (χ0) is 12.3. The Kier molecular flexibility index (Phi) is 3.55. The predicted molar refractivity (Wildman–Crippen MR) is 66.8 cm³/mol. The predicted octanol–water partition coefficient (Wildman–Crippen LogP) is 2.79. The van der Waals surface area contributed by atoms with E-state index < -0.39 is 0 Å². The van der Waals surface area contributed by atoms with Gasteiger partial charge in [-0.25, -0.2) is 4.85 Å². The molecule has 3 nitrogen and oxygen atoms in total. The highest BCUT2D eigenvalue weighted by atomic mass is 16.1. The SMILES string of the molecule is [C-]#[N+]c1cccc(CN2CCC[C@@H]2C(C)=O)c1. The van der Waals surface area contributed by atoms with E-state index >= 15 is 0 Å². The summed E-state index contributed by atoms with van der Waals surface area (Å²) in [5, 5.41) is 0. The number of rotatable bonds is 3. The molecule has 0 amide bonds. The molecule has 1 aromatic carbocycles. The summed E-state index contributed by atoms with van der Waals surface area (Å²) in [5.41, 5.74) is 1.78. The van der Waals surface area contributed by atoms with Gasteiger partial charge in [-0.3, -0.25) is 9.69 Å². The molecule has 1 aromatic rings. The Balaban J connectivity index is 2.10. The maximum Gasteiger partial charge on any atom is 0.187 e. The molecule has 1 saturated heterocycles. The van der Waals surface area contributed by atoms with Crippen molar-refractivity contribution in [1.29, 1.82) is 0 Å². The standard InChI is InChI=1S/C14H16N2O/c1-11(17)14-7-4-8-16(14)10-12-5-3-6-13(9-12)15-2/h3,5-6,9,14H,4,7-8,10H2,1H3/t14-/m1/s1. The molecular weight excluding hydrogens is 212 g/mol. The van der Waals surface area contributed by atoms with Gasteiger partial charge in [0, 0.05) is 6.54 Å². The molecule has 1 fully saturated rings. The van der Waals surface area contributed by atoms with Crippen LogP contribution in [0.2, 0.25) is 0 Å². The number of Topliss-reactive ketones (excluding diaryl/α,β-unsaturated/α-hetero) is 1. The molecule has 2 rings (SSSR count). The number of benzene rings is 1. The minimum Gasteiger partial charge on any atom is -0.298 e. The molecule has 1 aliphatic rings. The summed E-state index contributed by atoms with van der Waals surface area (Å²) in [6, 6.07) is 7.71. The molecule has 1 aliphatic heterocycles. The van der Waals surface area contributed by atoms with E-state index in [0.29, 0.717) is 5.69 Å². The molecule has 0 N–H and O–H groups in total. The lowest BCUT2D eigenvalue weighted by Crippen LogP contribution is -2.34. The van der Waals surface area contributed by atoms with Gasteiger partial charge in [0.2, 0.25) is 0 Å². The first-order valence-corrected chi connectivity index (χ1v) is 5.91. The molecule has 0 saturated carbocycles. The minimum absolute atomic E-state index is 0.0756. The van der Waals surface area contributed by atoms with E-state index in [9.17, 15) is 4.79 Å². The van der Waals surface area contributed by atoms with Gasteiger partial charge in [-0.15, -0.1) is 0 Å². The largest absolute Gasteiger partial charge is 0.298 e. The van der Waals surface area contributed by atoms with Gasteiger partial charge in [-0.2, -0.15) is 0 Å². The Morgan fingerprint density at radius 1 is 1.59 bits per heavy atom. The normalized spacial score (nSPS) is 20.1. The highest BCUT2D eigenvalue weighted by molar-refractivity contribution is 5.81. The van der Waals surface area contributed by atoms with Crippen molar-refractivity contribution in [2.45, 2.75) is 32.4 Å². The first-order valence-electron chi connectivity index (χ1n) is 5.91. The van der Waals surface area contributed by atoms with Crippen molar-refractivity contribution in [3.05, 3.63) is 41.2 Å². The number of ketones is 1. The van der Waals surface area contributed by atoms with Gasteiger partial charge in [-0.1, -0.05) is 24.3 Å². The van der Waals surface area contributed by atoms with Crippen molar-refractivity contribution in [3.63, 3.8) is 0 Å². The molecule has 1 heterocycles. The van der Waals surface area contributed by atoms with Crippen LogP contribution in [0, 0.1) is 6.57 Å². The summed E-state index contributed by atoms with van der Waals surface area (Å²) >= 11 is 0. The Morgan fingerprint density at radius 3 is 3.12 bits per heavy atom. The number of carbonyl (C=O) groups is 1. The second kappa shape index (κ2) is 5.11. The zero-order valence-corrected chi connectivity index (χ0v) is 10.0. The molecule has 0 unspecified atom stereocenters. The van der Waals surface area contributed by atoms with Gasteiger partial charge in [0.25, 0.3) is 0 Å². The van der Waals surface area contributed by atoms with Crippen molar-refractivity contribution in [2.24, 2.45) is 0 Å². The fraction of sp³-hybridized carbons (Fsp3) is 0.429. The fourth-order valence-corrected chi connectivity index (χ4v) is 2.43. The molecule has 88 valence electrons. The van der Waals surface area contributed by atoms with E-state index in [1.807, 2.05) is 24.3 Å². The average molecular weight is 228 g/mol. The average Bonchev–Trinajstić information content (AvgIpc) is 2.77. The summed E-state index contributed by atoms with van der Waals surface area (Å²) in [6.45, 7) is 10.4. The number of likely N-dealkylation sites (tertiary alicyclic amines) is 1. The van der Waals surface area contributed by atoms with Crippen LogP contribution in [-0.4, -0.2) is 23.3 Å². The van der Waals surface area contributed by atoms with Crippen LogP contribution in [0.1, 0.15) is 25.3 Å². The van der Waals surface area contributed by atoms with Crippen LogP contribution in [0.25, 0.3) is 4.85 Å². The van der Waals surface area contributed by atoms with Crippen LogP contribution in [-0.2, 0) is 11.3 Å². The van der Waals surface area contributed by atoms with Gasteiger partial charge in [0.1, 0.15) is 5.78 Å². The van der Waals surface area contributed by atoms with Gasteiger partial charge in [-0.05, 0) is 31.9 Å². The topological polar surface area (TPSA) is 24.7 Å². The van der Waals surface area contributed by atoms with Crippen LogP contribution < -0.4 is 0 Å². The van der Waals surface area contributed by atoms with Crippen molar-refractivity contribution >= 4 is 11.5 Å². The summed E-state index contributed by atoms with van der Waals surface area (Å²) in [6.07, 6.45) is 2.06. The summed E-state index contributed by atoms with van der Waals surface area (Å²) in [4.78, 5) is 17.1. The second-order valence-electron chi connectivity index (χ2n) is 4.52. The fourth-order valence-electron chi connectivity index (χ4n) is 2.43. The lowest BCUT2D eigenvalue weighted by atomic mass is 10.1. The smallest absolute Gasteiger partial charge is 0.187 e. The van der Waals surface area contributed by atoms with Crippen molar-refractivity contribution in [1.82, 2.24) is 4.90 Å². The highest BCUT2D eigenvalue weighted by Gasteiger charge is 2.27. The van der Waals surface area contributed by atoms with Gasteiger partial charge < -0.3 is 0 Å². The summed E-state index contributed by atoms with van der Waals surface area (Å²) in [5.74, 6) is 0.254. The molecule has 0 spiro atoms. The molecule has 0 bridgehead atoms. The monoisotopic (exact) mass is 228 g/mol. The molecule has 17 heavy (non-hydrogen) atoms. The Hall–Kier alpha value is -1.66. The molecule has 0 radical (unpaired) electrons. The number of hydrogen-bond acceptors (Lipinski definition) is 2. The van der Waals surface area contributed by atoms with Crippen molar-refractivity contribution in [2.75, 3.05) is 6.54 Å². The zero-order valence-electron chi connectivity index (χ0n) is 10.0. The van der Waals surface area contributed by atoms with E-state index in [0.717, 1.165) is 31.5 Å².